The standard InChI is InChI=1S/C18H13F2N3O3/c1-23-15(10-2-5-16-17(6-10)26-9-25-16)8-14(22-23)18(24)21-13-4-3-11(19)7-12(13)20/h2-8H,9H2,1H3,(H,21,24). The van der Waals surface area contributed by atoms with Gasteiger partial charge in [-0.2, -0.15) is 5.10 Å². The smallest absolute Gasteiger partial charge is 0.276 e. The SMILES string of the molecule is Cn1nc(C(=O)Nc2ccc(F)cc2F)cc1-c1ccc2c(c1)OCO2. The molecule has 132 valence electrons. The number of benzene rings is 2. The van der Waals surface area contributed by atoms with Crippen molar-refractivity contribution in [2.24, 2.45) is 7.05 Å². The molecule has 8 heteroatoms. The fourth-order valence-electron chi connectivity index (χ4n) is 2.68. The average molecular weight is 357 g/mol. The third-order valence-electron chi connectivity index (χ3n) is 3.96. The summed E-state index contributed by atoms with van der Waals surface area (Å²) in [4.78, 5) is 12.3. The number of ether oxygens (including phenoxy) is 2. The number of carbonyl (C=O) groups is 1. The summed E-state index contributed by atoms with van der Waals surface area (Å²) in [6.07, 6.45) is 0. The molecular formula is C18H13F2N3O3. The first-order chi connectivity index (χ1) is 12.5. The number of anilines is 1. The lowest BCUT2D eigenvalue weighted by atomic mass is 10.1. The quantitative estimate of drug-likeness (QED) is 0.781. The van der Waals surface area contributed by atoms with E-state index in [9.17, 15) is 13.6 Å². The van der Waals surface area contributed by atoms with Crippen molar-refractivity contribution in [1.82, 2.24) is 9.78 Å². The highest BCUT2D eigenvalue weighted by Crippen LogP contribution is 2.36. The molecular weight excluding hydrogens is 344 g/mol. The molecule has 3 aromatic rings. The van der Waals surface area contributed by atoms with Gasteiger partial charge in [0.1, 0.15) is 11.6 Å². The molecule has 0 saturated heterocycles. The van der Waals surface area contributed by atoms with Crippen molar-refractivity contribution in [1.29, 1.82) is 0 Å². The van der Waals surface area contributed by atoms with E-state index in [2.05, 4.69) is 10.4 Å². The lowest BCUT2D eigenvalue weighted by molar-refractivity contribution is 0.102. The van der Waals surface area contributed by atoms with Gasteiger partial charge in [0.25, 0.3) is 5.91 Å². The van der Waals surface area contributed by atoms with Crippen molar-refractivity contribution in [2.75, 3.05) is 12.1 Å². The molecule has 0 bridgehead atoms. The Morgan fingerprint density at radius 3 is 2.73 bits per heavy atom. The predicted octanol–water partition coefficient (Wildman–Crippen LogP) is 3.35. The van der Waals surface area contributed by atoms with E-state index in [1.807, 2.05) is 6.07 Å². The number of fused-ring (bicyclic) bond motifs is 1. The summed E-state index contributed by atoms with van der Waals surface area (Å²) in [5, 5.41) is 6.55. The Bertz CT molecular complexity index is 1020. The van der Waals surface area contributed by atoms with Crippen LogP contribution in [0.15, 0.2) is 42.5 Å². The number of aromatic nitrogens is 2. The van der Waals surface area contributed by atoms with E-state index in [0.717, 1.165) is 17.7 Å². The second-order valence-corrected chi connectivity index (χ2v) is 5.68. The van der Waals surface area contributed by atoms with Gasteiger partial charge in [-0.15, -0.1) is 0 Å². The van der Waals surface area contributed by atoms with Crippen LogP contribution in [0.3, 0.4) is 0 Å². The Kier molecular flexibility index (Phi) is 3.80. The average Bonchev–Trinajstić information content (AvgIpc) is 3.23. The van der Waals surface area contributed by atoms with Crippen molar-refractivity contribution in [3.05, 3.63) is 59.8 Å². The van der Waals surface area contributed by atoms with Crippen LogP contribution in [0.2, 0.25) is 0 Å². The summed E-state index contributed by atoms with van der Waals surface area (Å²) in [5.74, 6) is -0.907. The van der Waals surface area contributed by atoms with Crippen LogP contribution in [0.5, 0.6) is 11.5 Å². The normalized spacial score (nSPS) is 12.3. The highest BCUT2D eigenvalue weighted by atomic mass is 19.1. The van der Waals surface area contributed by atoms with Gasteiger partial charge >= 0.3 is 0 Å². The lowest BCUT2D eigenvalue weighted by Crippen LogP contribution is -2.14. The molecule has 1 amide bonds. The van der Waals surface area contributed by atoms with Gasteiger partial charge in [-0.3, -0.25) is 9.48 Å². The molecule has 26 heavy (non-hydrogen) atoms. The molecule has 2 aromatic carbocycles. The zero-order valence-electron chi connectivity index (χ0n) is 13.6. The number of hydrogen-bond donors (Lipinski definition) is 1. The minimum absolute atomic E-state index is 0.101. The van der Waals surface area contributed by atoms with E-state index in [1.165, 1.54) is 4.68 Å². The van der Waals surface area contributed by atoms with E-state index >= 15 is 0 Å². The topological polar surface area (TPSA) is 65.4 Å². The zero-order chi connectivity index (χ0) is 18.3. The van der Waals surface area contributed by atoms with Gasteiger partial charge in [0.2, 0.25) is 6.79 Å². The van der Waals surface area contributed by atoms with E-state index in [-0.39, 0.29) is 18.2 Å². The molecule has 0 saturated carbocycles. The van der Waals surface area contributed by atoms with Crippen LogP contribution < -0.4 is 14.8 Å². The summed E-state index contributed by atoms with van der Waals surface area (Å²) >= 11 is 0. The van der Waals surface area contributed by atoms with Crippen LogP contribution in [0.4, 0.5) is 14.5 Å². The molecule has 0 fully saturated rings. The third kappa shape index (κ3) is 2.85. The number of nitrogens with zero attached hydrogens (tertiary/aromatic N) is 2. The van der Waals surface area contributed by atoms with Crippen LogP contribution in [-0.2, 0) is 7.05 Å². The fraction of sp³-hybridized carbons (Fsp3) is 0.111. The fourth-order valence-corrected chi connectivity index (χ4v) is 2.68. The monoisotopic (exact) mass is 357 g/mol. The van der Waals surface area contributed by atoms with E-state index < -0.39 is 17.5 Å². The van der Waals surface area contributed by atoms with E-state index in [0.29, 0.717) is 23.3 Å². The molecule has 0 radical (unpaired) electrons. The van der Waals surface area contributed by atoms with Gasteiger partial charge in [0, 0.05) is 18.7 Å². The number of hydrogen-bond acceptors (Lipinski definition) is 4. The third-order valence-corrected chi connectivity index (χ3v) is 3.96. The minimum Gasteiger partial charge on any atom is -0.454 e. The number of aryl methyl sites for hydroxylation is 1. The summed E-state index contributed by atoms with van der Waals surface area (Å²) < 4.78 is 38.8. The Morgan fingerprint density at radius 2 is 1.92 bits per heavy atom. The number of carbonyl (C=O) groups excluding carboxylic acids is 1. The van der Waals surface area contributed by atoms with E-state index in [1.54, 1.807) is 25.2 Å². The molecule has 1 aromatic heterocycles. The van der Waals surface area contributed by atoms with E-state index in [4.69, 9.17) is 9.47 Å². The lowest BCUT2D eigenvalue weighted by Gasteiger charge is -2.04. The molecule has 1 aliphatic heterocycles. The summed E-state index contributed by atoms with van der Waals surface area (Å²) in [5.41, 5.74) is 1.44. The second kappa shape index (κ2) is 6.14. The van der Waals surface area contributed by atoms with Crippen molar-refractivity contribution >= 4 is 11.6 Å². The molecule has 1 aliphatic rings. The largest absolute Gasteiger partial charge is 0.454 e. The van der Waals surface area contributed by atoms with Crippen molar-refractivity contribution < 1.29 is 23.0 Å². The molecule has 6 nitrogen and oxygen atoms in total. The van der Waals surface area contributed by atoms with Gasteiger partial charge in [0.05, 0.1) is 11.4 Å². The number of rotatable bonds is 3. The maximum absolute atomic E-state index is 13.7. The molecule has 2 heterocycles. The first kappa shape index (κ1) is 16.1. The Balaban J connectivity index is 1.60. The molecule has 0 spiro atoms. The molecule has 1 N–H and O–H groups in total. The van der Waals surface area contributed by atoms with Crippen LogP contribution in [0.25, 0.3) is 11.3 Å². The van der Waals surface area contributed by atoms with Crippen molar-refractivity contribution in [3.63, 3.8) is 0 Å². The van der Waals surface area contributed by atoms with Crippen LogP contribution in [0.1, 0.15) is 10.5 Å². The number of amides is 1. The van der Waals surface area contributed by atoms with Gasteiger partial charge in [-0.05, 0) is 36.4 Å². The Labute approximate surface area is 147 Å². The highest BCUT2D eigenvalue weighted by Gasteiger charge is 2.19. The molecule has 0 atom stereocenters. The molecule has 4 rings (SSSR count). The highest BCUT2D eigenvalue weighted by molar-refractivity contribution is 6.03. The predicted molar refractivity (Wildman–Crippen MR) is 89.1 cm³/mol. The Morgan fingerprint density at radius 1 is 1.12 bits per heavy atom. The van der Waals surface area contributed by atoms with Crippen molar-refractivity contribution in [3.8, 4) is 22.8 Å². The molecule has 0 aliphatic carbocycles. The van der Waals surface area contributed by atoms with Crippen LogP contribution >= 0.6 is 0 Å². The number of halogens is 2. The summed E-state index contributed by atoms with van der Waals surface area (Å²) in [7, 11) is 1.69. The maximum atomic E-state index is 13.7. The van der Waals surface area contributed by atoms with Crippen LogP contribution in [-0.4, -0.2) is 22.5 Å². The van der Waals surface area contributed by atoms with Gasteiger partial charge < -0.3 is 14.8 Å². The summed E-state index contributed by atoms with van der Waals surface area (Å²) in [6, 6.07) is 9.89. The minimum atomic E-state index is -0.856. The second-order valence-electron chi connectivity index (χ2n) is 5.68. The van der Waals surface area contributed by atoms with Crippen LogP contribution in [0, 0.1) is 11.6 Å². The van der Waals surface area contributed by atoms with Crippen molar-refractivity contribution in [2.45, 2.75) is 0 Å². The van der Waals surface area contributed by atoms with Gasteiger partial charge in [0.15, 0.2) is 17.2 Å². The summed E-state index contributed by atoms with van der Waals surface area (Å²) in [6.45, 7) is 0.168. The maximum Gasteiger partial charge on any atom is 0.276 e. The first-order valence-corrected chi connectivity index (χ1v) is 7.72. The zero-order valence-corrected chi connectivity index (χ0v) is 13.6. The Hall–Kier alpha value is -3.42. The number of nitrogens with one attached hydrogen (secondary N) is 1. The van der Waals surface area contributed by atoms with Gasteiger partial charge in [-0.1, -0.05) is 0 Å². The van der Waals surface area contributed by atoms with Gasteiger partial charge in [-0.25, -0.2) is 8.78 Å². The molecule has 0 unspecified atom stereocenters. The first-order valence-electron chi connectivity index (χ1n) is 7.72.